The molecule has 0 spiro atoms. The second-order valence-corrected chi connectivity index (χ2v) is 6.78. The van der Waals surface area contributed by atoms with E-state index < -0.39 is 10.0 Å². The highest BCUT2D eigenvalue weighted by Crippen LogP contribution is 2.16. The predicted octanol–water partition coefficient (Wildman–Crippen LogP) is 1.97. The number of rotatable bonds is 5. The fourth-order valence-electron chi connectivity index (χ4n) is 1.81. The summed E-state index contributed by atoms with van der Waals surface area (Å²) in [5.41, 5.74) is 8.10. The summed E-state index contributed by atoms with van der Waals surface area (Å²) < 4.78 is 26.9. The maximum atomic E-state index is 12.2. The Hall–Kier alpha value is -1.99. The van der Waals surface area contributed by atoms with Crippen LogP contribution in [0.3, 0.4) is 0 Å². The molecule has 0 saturated heterocycles. The minimum Gasteiger partial charge on any atom is -0.389 e. The van der Waals surface area contributed by atoms with Crippen LogP contribution >= 0.6 is 12.2 Å². The molecule has 1 aromatic carbocycles. The first-order valence-corrected chi connectivity index (χ1v) is 8.23. The van der Waals surface area contributed by atoms with E-state index in [0.29, 0.717) is 16.8 Å². The van der Waals surface area contributed by atoms with Crippen LogP contribution in [0.2, 0.25) is 0 Å². The van der Waals surface area contributed by atoms with Crippen molar-refractivity contribution in [1.29, 1.82) is 0 Å². The number of pyridine rings is 1. The first kappa shape index (κ1) is 15.4. The molecule has 0 radical (unpaired) electrons. The van der Waals surface area contributed by atoms with Crippen molar-refractivity contribution in [2.45, 2.75) is 12.7 Å². The second-order valence-electron chi connectivity index (χ2n) is 4.62. The van der Waals surface area contributed by atoms with Gasteiger partial charge in [0.05, 0.1) is 17.6 Å². The molecule has 0 saturated carbocycles. The summed E-state index contributed by atoms with van der Waals surface area (Å²) in [6.07, 6.45) is 3.09. The zero-order valence-corrected chi connectivity index (χ0v) is 13.0. The number of hydrogen-bond acceptors (Lipinski definition) is 4. The van der Waals surface area contributed by atoms with Crippen LogP contribution in [0.4, 0.5) is 5.69 Å². The molecule has 1 heterocycles. The third kappa shape index (κ3) is 4.24. The SMILES string of the molecule is Cc1ccncc1NS(=O)(=O)Cc1cccc(C(N)=S)c1. The highest BCUT2D eigenvalue weighted by Gasteiger charge is 2.13. The summed E-state index contributed by atoms with van der Waals surface area (Å²) in [5.74, 6) is -0.155. The molecule has 0 bridgehead atoms. The molecular formula is C14H15N3O2S2. The summed E-state index contributed by atoms with van der Waals surface area (Å²) in [7, 11) is -3.53. The van der Waals surface area contributed by atoms with Crippen LogP contribution in [0.1, 0.15) is 16.7 Å². The van der Waals surface area contributed by atoms with Crippen molar-refractivity contribution < 1.29 is 8.42 Å². The molecule has 7 heteroatoms. The first-order valence-electron chi connectivity index (χ1n) is 6.17. The Labute approximate surface area is 129 Å². The van der Waals surface area contributed by atoms with Crippen LogP contribution in [0.5, 0.6) is 0 Å². The number of aryl methyl sites for hydroxylation is 1. The molecule has 0 fully saturated rings. The van der Waals surface area contributed by atoms with Crippen LogP contribution in [-0.4, -0.2) is 18.4 Å². The summed E-state index contributed by atoms with van der Waals surface area (Å²) in [6, 6.07) is 8.62. The maximum absolute atomic E-state index is 12.2. The Balaban J connectivity index is 2.20. The largest absolute Gasteiger partial charge is 0.389 e. The fourth-order valence-corrected chi connectivity index (χ4v) is 3.17. The molecule has 3 N–H and O–H groups in total. The van der Waals surface area contributed by atoms with Gasteiger partial charge in [-0.3, -0.25) is 9.71 Å². The lowest BCUT2D eigenvalue weighted by molar-refractivity contribution is 0.600. The number of thiocarbonyl (C=S) groups is 1. The zero-order valence-electron chi connectivity index (χ0n) is 11.4. The standard InChI is InChI=1S/C14H15N3O2S2/c1-10-5-6-16-8-13(10)17-21(18,19)9-11-3-2-4-12(7-11)14(15)20/h2-8,17H,9H2,1H3,(H2,15,20). The normalized spacial score (nSPS) is 11.1. The average Bonchev–Trinajstić information content (AvgIpc) is 2.41. The van der Waals surface area contributed by atoms with Crippen molar-refractivity contribution in [1.82, 2.24) is 4.98 Å². The van der Waals surface area contributed by atoms with Gasteiger partial charge in [0.15, 0.2) is 0 Å². The lowest BCUT2D eigenvalue weighted by Gasteiger charge is -2.10. The van der Waals surface area contributed by atoms with Crippen molar-refractivity contribution in [3.63, 3.8) is 0 Å². The monoisotopic (exact) mass is 321 g/mol. The van der Waals surface area contributed by atoms with E-state index in [2.05, 4.69) is 9.71 Å². The predicted molar refractivity (Wildman–Crippen MR) is 87.5 cm³/mol. The van der Waals surface area contributed by atoms with E-state index in [1.807, 2.05) is 6.92 Å². The highest BCUT2D eigenvalue weighted by molar-refractivity contribution is 7.91. The van der Waals surface area contributed by atoms with Gasteiger partial charge < -0.3 is 5.73 Å². The summed E-state index contributed by atoms with van der Waals surface area (Å²) >= 11 is 4.89. The Morgan fingerprint density at radius 1 is 1.38 bits per heavy atom. The van der Waals surface area contributed by atoms with Gasteiger partial charge in [0.25, 0.3) is 0 Å². The zero-order chi connectivity index (χ0) is 15.5. The number of anilines is 1. The highest BCUT2D eigenvalue weighted by atomic mass is 32.2. The first-order chi connectivity index (χ1) is 9.87. The lowest BCUT2D eigenvalue weighted by Crippen LogP contribution is -2.16. The van der Waals surface area contributed by atoms with Gasteiger partial charge in [-0.25, -0.2) is 8.42 Å². The Kier molecular flexibility index (Phi) is 4.54. The van der Waals surface area contributed by atoms with Crippen molar-refractivity contribution in [3.05, 3.63) is 59.4 Å². The number of sulfonamides is 1. The topological polar surface area (TPSA) is 85.1 Å². The summed E-state index contributed by atoms with van der Waals surface area (Å²) in [5, 5.41) is 0. The molecule has 0 aliphatic rings. The quantitative estimate of drug-likeness (QED) is 0.822. The van der Waals surface area contributed by atoms with E-state index in [0.717, 1.165) is 5.56 Å². The fraction of sp³-hybridized carbons (Fsp3) is 0.143. The molecule has 2 aromatic rings. The molecule has 0 atom stereocenters. The Morgan fingerprint density at radius 2 is 2.14 bits per heavy atom. The molecule has 110 valence electrons. The Bertz CT molecular complexity index is 773. The number of nitrogens with one attached hydrogen (secondary N) is 1. The number of hydrogen-bond donors (Lipinski definition) is 2. The molecule has 0 unspecified atom stereocenters. The lowest BCUT2D eigenvalue weighted by atomic mass is 10.1. The van der Waals surface area contributed by atoms with Crippen molar-refractivity contribution in [2.75, 3.05) is 4.72 Å². The van der Waals surface area contributed by atoms with Gasteiger partial charge in [-0.05, 0) is 30.2 Å². The van der Waals surface area contributed by atoms with Crippen LogP contribution in [0.25, 0.3) is 0 Å². The van der Waals surface area contributed by atoms with E-state index >= 15 is 0 Å². The molecular weight excluding hydrogens is 306 g/mol. The Morgan fingerprint density at radius 3 is 2.81 bits per heavy atom. The molecule has 0 amide bonds. The van der Waals surface area contributed by atoms with E-state index in [9.17, 15) is 8.42 Å². The van der Waals surface area contributed by atoms with Gasteiger partial charge in [0.2, 0.25) is 10.0 Å². The van der Waals surface area contributed by atoms with Gasteiger partial charge in [-0.15, -0.1) is 0 Å². The average molecular weight is 321 g/mol. The molecule has 2 rings (SSSR count). The van der Waals surface area contributed by atoms with Crippen molar-refractivity contribution in [2.24, 2.45) is 5.73 Å². The second kappa shape index (κ2) is 6.19. The van der Waals surface area contributed by atoms with E-state index in [4.69, 9.17) is 18.0 Å². The van der Waals surface area contributed by atoms with Crippen LogP contribution in [-0.2, 0) is 15.8 Å². The molecule has 1 aromatic heterocycles. The van der Waals surface area contributed by atoms with E-state index in [1.165, 1.54) is 6.20 Å². The van der Waals surface area contributed by atoms with Gasteiger partial charge in [0.1, 0.15) is 4.99 Å². The molecule has 0 aliphatic carbocycles. The molecule has 5 nitrogen and oxygen atoms in total. The van der Waals surface area contributed by atoms with Crippen molar-refractivity contribution in [3.8, 4) is 0 Å². The molecule has 0 aliphatic heterocycles. The van der Waals surface area contributed by atoms with E-state index in [1.54, 1.807) is 36.5 Å². The van der Waals surface area contributed by atoms with Gasteiger partial charge in [0, 0.05) is 11.8 Å². The van der Waals surface area contributed by atoms with Gasteiger partial charge in [-0.2, -0.15) is 0 Å². The van der Waals surface area contributed by atoms with Crippen LogP contribution in [0, 0.1) is 6.92 Å². The van der Waals surface area contributed by atoms with Gasteiger partial charge >= 0.3 is 0 Å². The van der Waals surface area contributed by atoms with Crippen molar-refractivity contribution >= 4 is 32.9 Å². The third-order valence-electron chi connectivity index (χ3n) is 2.87. The maximum Gasteiger partial charge on any atom is 0.236 e. The summed E-state index contributed by atoms with van der Waals surface area (Å²) in [4.78, 5) is 4.15. The summed E-state index contributed by atoms with van der Waals surface area (Å²) in [6.45, 7) is 1.81. The third-order valence-corrected chi connectivity index (χ3v) is 4.35. The minimum atomic E-state index is -3.53. The number of nitrogens with two attached hydrogens (primary N) is 1. The smallest absolute Gasteiger partial charge is 0.236 e. The number of aromatic nitrogens is 1. The van der Waals surface area contributed by atoms with Crippen LogP contribution < -0.4 is 10.5 Å². The minimum absolute atomic E-state index is 0.155. The van der Waals surface area contributed by atoms with Crippen LogP contribution in [0.15, 0.2) is 42.7 Å². The number of benzene rings is 1. The van der Waals surface area contributed by atoms with Gasteiger partial charge in [-0.1, -0.05) is 30.4 Å². The molecule has 21 heavy (non-hydrogen) atoms. The van der Waals surface area contributed by atoms with E-state index in [-0.39, 0.29) is 10.7 Å². The number of nitrogens with zero attached hydrogens (tertiary/aromatic N) is 1.